The summed E-state index contributed by atoms with van der Waals surface area (Å²) >= 11 is 1.79. The van der Waals surface area contributed by atoms with Gasteiger partial charge >= 0.3 is 0 Å². The van der Waals surface area contributed by atoms with Crippen molar-refractivity contribution in [3.63, 3.8) is 0 Å². The number of carbonyl (C=O) groups is 1. The molecule has 0 saturated carbocycles. The molecule has 1 aromatic carbocycles. The number of rotatable bonds is 2. The normalized spacial score (nSPS) is 17.1. The molecular weight excluding hydrogens is 282 g/mol. The summed E-state index contributed by atoms with van der Waals surface area (Å²) in [7, 11) is 0. The topological polar surface area (TPSA) is 68.0 Å². The van der Waals surface area contributed by atoms with E-state index in [4.69, 9.17) is 5.73 Å². The molecule has 1 aromatic heterocycles. The molecule has 0 spiro atoms. The van der Waals surface area contributed by atoms with E-state index in [1.165, 1.54) is 0 Å². The minimum Gasteiger partial charge on any atom is -0.324 e. The summed E-state index contributed by atoms with van der Waals surface area (Å²) in [5.41, 5.74) is 9.76. The Balaban J connectivity index is 1.91. The van der Waals surface area contributed by atoms with Gasteiger partial charge in [0.05, 0.1) is 0 Å². The van der Waals surface area contributed by atoms with Crippen LogP contribution in [0.1, 0.15) is 33.9 Å². The van der Waals surface area contributed by atoms with E-state index in [-0.39, 0.29) is 11.9 Å². The van der Waals surface area contributed by atoms with E-state index in [0.29, 0.717) is 5.56 Å². The Labute approximate surface area is 128 Å². The average molecular weight is 299 g/mol. The van der Waals surface area contributed by atoms with Crippen LogP contribution in [0.2, 0.25) is 0 Å². The van der Waals surface area contributed by atoms with Crippen LogP contribution in [0.15, 0.2) is 41.6 Å². The van der Waals surface area contributed by atoms with Crippen LogP contribution in [-0.2, 0) is 0 Å². The minimum absolute atomic E-state index is 0.0808. The Morgan fingerprint density at radius 2 is 2.10 bits per heavy atom. The smallest absolute Gasteiger partial charge is 0.255 e. The summed E-state index contributed by atoms with van der Waals surface area (Å²) in [6.45, 7) is 1.99. The minimum atomic E-state index is -0.0961. The first-order chi connectivity index (χ1) is 10.2. The maximum Gasteiger partial charge on any atom is 0.255 e. The third kappa shape index (κ3) is 2.80. The molecule has 1 atom stereocenters. The zero-order chi connectivity index (χ0) is 14.8. The number of anilines is 1. The van der Waals surface area contributed by atoms with Crippen LogP contribution in [0.25, 0.3) is 0 Å². The van der Waals surface area contributed by atoms with Crippen molar-refractivity contribution < 1.29 is 4.79 Å². The van der Waals surface area contributed by atoms with Gasteiger partial charge in [-0.05, 0) is 48.4 Å². The van der Waals surface area contributed by atoms with Gasteiger partial charge in [-0.2, -0.15) is 0 Å². The molecule has 0 saturated heterocycles. The molecule has 3 N–H and O–H groups in total. The molecule has 2 aromatic rings. The fourth-order valence-electron chi connectivity index (χ4n) is 2.52. The molecular formula is C16H17N3OS. The summed E-state index contributed by atoms with van der Waals surface area (Å²) in [4.78, 5) is 17.5. The standard InChI is InChI=1S/C16H17N3OS/c1-10-12(16(20)19-11-4-7-18-8-5-11)2-3-13-14(17)6-9-21-15(10)13/h2-5,7-8,14H,6,9,17H2,1H3,(H,18,19,20)/t14-/m1/s1. The van der Waals surface area contributed by atoms with E-state index in [0.717, 1.165) is 33.9 Å². The van der Waals surface area contributed by atoms with E-state index in [2.05, 4.69) is 10.3 Å². The van der Waals surface area contributed by atoms with Gasteiger partial charge in [-0.15, -0.1) is 11.8 Å². The quantitative estimate of drug-likeness (QED) is 0.894. The largest absolute Gasteiger partial charge is 0.324 e. The fourth-order valence-corrected chi connectivity index (χ4v) is 3.81. The first kappa shape index (κ1) is 14.1. The number of fused-ring (bicyclic) bond motifs is 1. The van der Waals surface area contributed by atoms with Gasteiger partial charge in [0.2, 0.25) is 0 Å². The van der Waals surface area contributed by atoms with E-state index in [1.54, 1.807) is 36.3 Å². The Hall–Kier alpha value is -1.85. The third-order valence-electron chi connectivity index (χ3n) is 3.69. The molecule has 1 aliphatic heterocycles. The van der Waals surface area contributed by atoms with Crippen molar-refractivity contribution in [3.8, 4) is 0 Å². The molecule has 0 bridgehead atoms. The predicted molar refractivity (Wildman–Crippen MR) is 85.6 cm³/mol. The molecule has 108 valence electrons. The number of amides is 1. The predicted octanol–water partition coefficient (Wildman–Crippen LogP) is 3.14. The molecule has 0 unspecified atom stereocenters. The number of hydrogen-bond acceptors (Lipinski definition) is 4. The first-order valence-corrected chi connectivity index (χ1v) is 7.88. The lowest BCUT2D eigenvalue weighted by Crippen LogP contribution is -2.19. The lowest BCUT2D eigenvalue weighted by molar-refractivity contribution is 0.102. The molecule has 5 heteroatoms. The Bertz CT molecular complexity index is 673. The van der Waals surface area contributed by atoms with E-state index in [9.17, 15) is 4.79 Å². The van der Waals surface area contributed by atoms with Gasteiger partial charge in [0.15, 0.2) is 0 Å². The van der Waals surface area contributed by atoms with Crippen molar-refractivity contribution in [2.75, 3.05) is 11.1 Å². The maximum absolute atomic E-state index is 12.4. The molecule has 3 rings (SSSR count). The number of nitrogens with zero attached hydrogens (tertiary/aromatic N) is 1. The van der Waals surface area contributed by atoms with E-state index < -0.39 is 0 Å². The van der Waals surface area contributed by atoms with Crippen molar-refractivity contribution in [3.05, 3.63) is 53.3 Å². The highest BCUT2D eigenvalue weighted by Gasteiger charge is 2.22. The Morgan fingerprint density at radius 1 is 1.33 bits per heavy atom. The van der Waals surface area contributed by atoms with Crippen LogP contribution in [0.4, 0.5) is 5.69 Å². The van der Waals surface area contributed by atoms with Gasteiger partial charge in [0.1, 0.15) is 0 Å². The molecule has 21 heavy (non-hydrogen) atoms. The van der Waals surface area contributed by atoms with Gasteiger partial charge < -0.3 is 11.1 Å². The highest BCUT2D eigenvalue weighted by molar-refractivity contribution is 7.99. The van der Waals surface area contributed by atoms with E-state index in [1.807, 2.05) is 19.1 Å². The van der Waals surface area contributed by atoms with Crippen molar-refractivity contribution >= 4 is 23.4 Å². The van der Waals surface area contributed by atoms with Gasteiger partial charge in [0.25, 0.3) is 5.91 Å². The van der Waals surface area contributed by atoms with Crippen LogP contribution in [0.5, 0.6) is 0 Å². The van der Waals surface area contributed by atoms with Gasteiger partial charge in [-0.1, -0.05) is 6.07 Å². The summed E-state index contributed by atoms with van der Waals surface area (Å²) in [5, 5.41) is 2.90. The van der Waals surface area contributed by atoms with Gasteiger partial charge in [-0.3, -0.25) is 9.78 Å². The summed E-state index contributed by atoms with van der Waals surface area (Å²) in [6.07, 6.45) is 4.30. The average Bonchev–Trinajstić information content (AvgIpc) is 2.49. The number of nitrogens with one attached hydrogen (secondary N) is 1. The van der Waals surface area contributed by atoms with Crippen molar-refractivity contribution in [2.45, 2.75) is 24.3 Å². The maximum atomic E-state index is 12.4. The number of aromatic nitrogens is 1. The SMILES string of the molecule is Cc1c(C(=O)Nc2ccncc2)ccc2c1SCC[C@H]2N. The van der Waals surface area contributed by atoms with Crippen molar-refractivity contribution in [1.29, 1.82) is 0 Å². The zero-order valence-electron chi connectivity index (χ0n) is 11.8. The van der Waals surface area contributed by atoms with Crippen LogP contribution in [0.3, 0.4) is 0 Å². The van der Waals surface area contributed by atoms with Gasteiger partial charge in [0, 0.05) is 34.6 Å². The number of carbonyl (C=O) groups excluding carboxylic acids is 1. The Morgan fingerprint density at radius 3 is 2.86 bits per heavy atom. The van der Waals surface area contributed by atoms with Gasteiger partial charge in [-0.25, -0.2) is 0 Å². The van der Waals surface area contributed by atoms with Crippen LogP contribution in [-0.4, -0.2) is 16.6 Å². The fraction of sp³-hybridized carbons (Fsp3) is 0.250. The molecule has 0 aliphatic carbocycles. The first-order valence-electron chi connectivity index (χ1n) is 6.90. The van der Waals surface area contributed by atoms with Crippen LogP contribution >= 0.6 is 11.8 Å². The number of pyridine rings is 1. The summed E-state index contributed by atoms with van der Waals surface area (Å²) in [5.74, 6) is 0.908. The number of hydrogen-bond donors (Lipinski definition) is 2. The molecule has 1 aliphatic rings. The van der Waals surface area contributed by atoms with Crippen LogP contribution in [0, 0.1) is 6.92 Å². The second-order valence-corrected chi connectivity index (χ2v) is 6.20. The number of benzene rings is 1. The van der Waals surface area contributed by atoms with E-state index >= 15 is 0 Å². The van der Waals surface area contributed by atoms with Crippen molar-refractivity contribution in [2.24, 2.45) is 5.73 Å². The van der Waals surface area contributed by atoms with Crippen LogP contribution < -0.4 is 11.1 Å². The monoisotopic (exact) mass is 299 g/mol. The highest BCUT2D eigenvalue weighted by Crippen LogP contribution is 2.38. The number of thioether (sulfide) groups is 1. The Kier molecular flexibility index (Phi) is 3.94. The summed E-state index contributed by atoms with van der Waals surface area (Å²) in [6, 6.07) is 7.49. The zero-order valence-corrected chi connectivity index (χ0v) is 12.6. The summed E-state index contributed by atoms with van der Waals surface area (Å²) < 4.78 is 0. The molecule has 2 heterocycles. The molecule has 0 radical (unpaired) electrons. The second kappa shape index (κ2) is 5.87. The molecule has 1 amide bonds. The lowest BCUT2D eigenvalue weighted by atomic mass is 9.98. The van der Waals surface area contributed by atoms with Crippen molar-refractivity contribution in [1.82, 2.24) is 4.98 Å². The lowest BCUT2D eigenvalue weighted by Gasteiger charge is -2.24. The molecule has 4 nitrogen and oxygen atoms in total. The molecule has 0 fully saturated rings. The highest BCUT2D eigenvalue weighted by atomic mass is 32.2. The third-order valence-corrected chi connectivity index (χ3v) is 4.96. The second-order valence-electron chi connectivity index (χ2n) is 5.09. The number of nitrogens with two attached hydrogens (primary N) is 1.